The fourth-order valence-electron chi connectivity index (χ4n) is 3.98. The molecule has 144 valence electrons. The lowest BCUT2D eigenvalue weighted by Gasteiger charge is -2.40. The van der Waals surface area contributed by atoms with Crippen molar-refractivity contribution in [1.82, 2.24) is 15.2 Å². The second-order valence-corrected chi connectivity index (χ2v) is 8.36. The van der Waals surface area contributed by atoms with E-state index in [0.29, 0.717) is 11.8 Å². The minimum Gasteiger partial charge on any atom is -0.341 e. The number of para-hydroxylation sites is 1. The fraction of sp³-hybridized carbons (Fsp3) is 0.579. The first-order valence-electron chi connectivity index (χ1n) is 9.06. The first-order chi connectivity index (χ1) is 11.7. The molecule has 2 aliphatic heterocycles. The molecule has 0 bridgehead atoms. The summed E-state index contributed by atoms with van der Waals surface area (Å²) in [6.45, 7) is 4.76. The molecule has 2 saturated heterocycles. The number of carbonyl (C=O) groups is 1. The molecule has 7 heteroatoms. The number of likely N-dealkylation sites (tertiary alicyclic amines) is 1. The lowest BCUT2D eigenvalue weighted by atomic mass is 9.88. The zero-order valence-corrected chi connectivity index (χ0v) is 17.5. The van der Waals surface area contributed by atoms with Gasteiger partial charge in [0.15, 0.2) is 0 Å². The van der Waals surface area contributed by atoms with Gasteiger partial charge in [-0.2, -0.15) is 0 Å². The van der Waals surface area contributed by atoms with Crippen LogP contribution >= 0.6 is 36.2 Å². The maximum Gasteiger partial charge on any atom is 0.242 e. The number of piperidine rings is 2. The summed E-state index contributed by atoms with van der Waals surface area (Å²) in [5.41, 5.74) is 0.760. The summed E-state index contributed by atoms with van der Waals surface area (Å²) in [6.07, 6.45) is 5.35. The van der Waals surface area contributed by atoms with Crippen molar-refractivity contribution in [3.8, 4) is 0 Å². The average molecular weight is 416 g/mol. The number of rotatable bonds is 2. The van der Waals surface area contributed by atoms with Gasteiger partial charge in [0.25, 0.3) is 0 Å². The van der Waals surface area contributed by atoms with Crippen LogP contribution in [0.1, 0.15) is 50.0 Å². The van der Waals surface area contributed by atoms with Crippen LogP contribution in [0.4, 0.5) is 0 Å². The minimum atomic E-state index is -0.346. The van der Waals surface area contributed by atoms with Crippen molar-refractivity contribution in [2.45, 2.75) is 50.5 Å². The molecule has 1 unspecified atom stereocenters. The van der Waals surface area contributed by atoms with Crippen LogP contribution < -0.4 is 5.32 Å². The molecule has 0 saturated carbocycles. The number of aromatic nitrogens is 1. The van der Waals surface area contributed by atoms with Gasteiger partial charge in [-0.05, 0) is 57.7 Å². The molecule has 1 aromatic carbocycles. The van der Waals surface area contributed by atoms with E-state index in [0.717, 1.165) is 50.8 Å². The molecule has 2 aliphatic rings. The van der Waals surface area contributed by atoms with Crippen LogP contribution in [0.5, 0.6) is 0 Å². The molecule has 1 N–H and O–H groups in total. The molecular weight excluding hydrogens is 389 g/mol. The lowest BCUT2D eigenvalue weighted by molar-refractivity contribution is -0.139. The Bertz CT molecular complexity index is 704. The van der Waals surface area contributed by atoms with E-state index >= 15 is 0 Å². The number of thiazole rings is 1. The van der Waals surface area contributed by atoms with Gasteiger partial charge in [0, 0.05) is 19.0 Å². The number of benzene rings is 1. The Morgan fingerprint density at radius 2 is 1.96 bits per heavy atom. The molecular formula is C19H27Cl2N3OS. The molecule has 3 heterocycles. The third kappa shape index (κ3) is 4.16. The quantitative estimate of drug-likeness (QED) is 0.791. The van der Waals surface area contributed by atoms with E-state index in [2.05, 4.69) is 35.3 Å². The van der Waals surface area contributed by atoms with Crippen molar-refractivity contribution >= 4 is 52.3 Å². The van der Waals surface area contributed by atoms with Gasteiger partial charge in [0.1, 0.15) is 0 Å². The zero-order valence-electron chi connectivity index (χ0n) is 15.1. The average Bonchev–Trinajstić information content (AvgIpc) is 3.06. The summed E-state index contributed by atoms with van der Waals surface area (Å²) in [5.74, 6) is 0.795. The Labute approximate surface area is 171 Å². The molecule has 2 fully saturated rings. The van der Waals surface area contributed by atoms with E-state index < -0.39 is 0 Å². The van der Waals surface area contributed by atoms with E-state index in [4.69, 9.17) is 4.98 Å². The monoisotopic (exact) mass is 415 g/mol. The van der Waals surface area contributed by atoms with Gasteiger partial charge in [0.2, 0.25) is 5.91 Å². The van der Waals surface area contributed by atoms with Crippen LogP contribution in [0.2, 0.25) is 0 Å². The number of hydrogen-bond donors (Lipinski definition) is 1. The molecule has 0 spiro atoms. The summed E-state index contributed by atoms with van der Waals surface area (Å²) < 4.78 is 1.27. The SMILES string of the molecule is CC1(C(=O)N2CCC(c3nc4ccccc4s3)CC2)CCCCN1.Cl.Cl. The van der Waals surface area contributed by atoms with E-state index in [9.17, 15) is 4.79 Å². The van der Waals surface area contributed by atoms with Crippen LogP contribution in [0.15, 0.2) is 24.3 Å². The minimum absolute atomic E-state index is 0. The highest BCUT2D eigenvalue weighted by Crippen LogP contribution is 2.34. The maximum absolute atomic E-state index is 12.9. The molecule has 0 aliphatic carbocycles. The highest BCUT2D eigenvalue weighted by molar-refractivity contribution is 7.18. The van der Waals surface area contributed by atoms with E-state index in [1.165, 1.54) is 16.1 Å². The number of nitrogens with zero attached hydrogens (tertiary/aromatic N) is 2. The molecule has 1 atom stereocenters. The Morgan fingerprint density at radius 3 is 2.62 bits per heavy atom. The van der Waals surface area contributed by atoms with Crippen LogP contribution in [-0.4, -0.2) is 41.0 Å². The third-order valence-corrected chi connectivity index (χ3v) is 6.73. The van der Waals surface area contributed by atoms with Gasteiger partial charge in [-0.1, -0.05) is 12.1 Å². The summed E-state index contributed by atoms with van der Waals surface area (Å²) >= 11 is 1.81. The van der Waals surface area contributed by atoms with Crippen LogP contribution in [0.25, 0.3) is 10.2 Å². The van der Waals surface area contributed by atoms with Gasteiger partial charge in [-0.15, -0.1) is 36.2 Å². The summed E-state index contributed by atoms with van der Waals surface area (Å²) in [6, 6.07) is 8.35. The number of amides is 1. The molecule has 1 aromatic heterocycles. The van der Waals surface area contributed by atoms with Crippen molar-refractivity contribution in [3.05, 3.63) is 29.3 Å². The highest BCUT2D eigenvalue weighted by atomic mass is 35.5. The van der Waals surface area contributed by atoms with Crippen molar-refractivity contribution in [2.75, 3.05) is 19.6 Å². The predicted molar refractivity (Wildman–Crippen MR) is 113 cm³/mol. The number of nitrogens with one attached hydrogen (secondary N) is 1. The standard InChI is InChI=1S/C19H25N3OS.2ClH/c1-19(10-4-5-11-20-19)18(23)22-12-8-14(9-13-22)17-21-15-6-2-3-7-16(15)24-17;;/h2-3,6-7,14,20H,4-5,8-13H2,1H3;2*1H. The fourth-order valence-corrected chi connectivity index (χ4v) is 5.12. The van der Waals surface area contributed by atoms with Crippen LogP contribution in [-0.2, 0) is 4.79 Å². The molecule has 0 radical (unpaired) electrons. The molecule has 2 aromatic rings. The third-order valence-electron chi connectivity index (χ3n) is 5.53. The van der Waals surface area contributed by atoms with Gasteiger partial charge < -0.3 is 10.2 Å². The Hall–Kier alpha value is -0.880. The van der Waals surface area contributed by atoms with Gasteiger partial charge in [-0.25, -0.2) is 4.98 Å². The van der Waals surface area contributed by atoms with Crippen molar-refractivity contribution in [3.63, 3.8) is 0 Å². The van der Waals surface area contributed by atoms with E-state index in [1.807, 2.05) is 17.4 Å². The Balaban J connectivity index is 0.00000121. The largest absolute Gasteiger partial charge is 0.341 e. The second kappa shape index (κ2) is 8.87. The van der Waals surface area contributed by atoms with Crippen molar-refractivity contribution in [2.24, 2.45) is 0 Å². The molecule has 4 nitrogen and oxygen atoms in total. The smallest absolute Gasteiger partial charge is 0.242 e. The van der Waals surface area contributed by atoms with Gasteiger partial charge >= 0.3 is 0 Å². The second-order valence-electron chi connectivity index (χ2n) is 7.30. The van der Waals surface area contributed by atoms with Crippen LogP contribution in [0, 0.1) is 0 Å². The number of carbonyl (C=O) groups excluding carboxylic acids is 1. The Morgan fingerprint density at radius 1 is 1.23 bits per heavy atom. The number of hydrogen-bond acceptors (Lipinski definition) is 4. The number of halogens is 2. The number of fused-ring (bicyclic) bond motifs is 1. The Kier molecular flexibility index (Phi) is 7.31. The zero-order chi connectivity index (χ0) is 16.6. The maximum atomic E-state index is 12.9. The van der Waals surface area contributed by atoms with Crippen molar-refractivity contribution < 1.29 is 4.79 Å². The molecule has 26 heavy (non-hydrogen) atoms. The molecule has 4 rings (SSSR count). The van der Waals surface area contributed by atoms with E-state index in [1.54, 1.807) is 0 Å². The first-order valence-corrected chi connectivity index (χ1v) is 9.87. The normalized spacial score (nSPS) is 24.0. The summed E-state index contributed by atoms with van der Waals surface area (Å²) in [4.78, 5) is 19.8. The van der Waals surface area contributed by atoms with Crippen molar-refractivity contribution in [1.29, 1.82) is 0 Å². The topological polar surface area (TPSA) is 45.2 Å². The first kappa shape index (κ1) is 21.4. The van der Waals surface area contributed by atoms with Crippen LogP contribution in [0.3, 0.4) is 0 Å². The van der Waals surface area contributed by atoms with Gasteiger partial charge in [0.05, 0.1) is 20.8 Å². The summed E-state index contributed by atoms with van der Waals surface area (Å²) in [5, 5.41) is 4.69. The molecule has 1 amide bonds. The van der Waals surface area contributed by atoms with Gasteiger partial charge in [-0.3, -0.25) is 4.79 Å². The lowest BCUT2D eigenvalue weighted by Crippen LogP contribution is -2.59. The summed E-state index contributed by atoms with van der Waals surface area (Å²) in [7, 11) is 0. The highest BCUT2D eigenvalue weighted by Gasteiger charge is 2.38. The van der Waals surface area contributed by atoms with E-state index in [-0.39, 0.29) is 30.4 Å². The predicted octanol–water partition coefficient (Wildman–Crippen LogP) is 4.38.